The van der Waals surface area contributed by atoms with Crippen molar-refractivity contribution >= 4 is 17.8 Å². The molecule has 0 spiro atoms. The third kappa shape index (κ3) is 4.25. The number of esters is 1. The highest BCUT2D eigenvalue weighted by molar-refractivity contribution is 6.14. The van der Waals surface area contributed by atoms with Crippen molar-refractivity contribution < 1.29 is 38.0 Å². The van der Waals surface area contributed by atoms with Gasteiger partial charge in [0.25, 0.3) is 0 Å². The van der Waals surface area contributed by atoms with Gasteiger partial charge in [-0.05, 0) is 48.5 Å². The Morgan fingerprint density at radius 3 is 2.32 bits per heavy atom. The summed E-state index contributed by atoms with van der Waals surface area (Å²) in [6.07, 6.45) is 1.56. The summed E-state index contributed by atoms with van der Waals surface area (Å²) < 4.78 is 32.5. The maximum absolute atomic E-state index is 12.9. The summed E-state index contributed by atoms with van der Waals surface area (Å²) in [5, 5.41) is 0. The van der Waals surface area contributed by atoms with Gasteiger partial charge in [0.05, 0.1) is 39.6 Å². The molecule has 1 aliphatic rings. The summed E-state index contributed by atoms with van der Waals surface area (Å²) in [6, 6.07) is 14.6. The fourth-order valence-electron chi connectivity index (χ4n) is 3.53. The molecule has 0 radical (unpaired) electrons. The van der Waals surface area contributed by atoms with Crippen LogP contribution in [0.4, 0.5) is 0 Å². The number of fused-ring (bicyclic) bond motifs is 1. The number of carbonyl (C=O) groups is 2. The zero-order chi connectivity index (χ0) is 24.2. The highest BCUT2D eigenvalue weighted by Crippen LogP contribution is 2.42. The minimum Gasteiger partial charge on any atom is -0.497 e. The van der Waals surface area contributed by atoms with E-state index in [4.69, 9.17) is 28.4 Å². The summed E-state index contributed by atoms with van der Waals surface area (Å²) in [5.74, 6) is 1.58. The summed E-state index contributed by atoms with van der Waals surface area (Å²) in [7, 11) is 6.03. The van der Waals surface area contributed by atoms with Gasteiger partial charge in [-0.2, -0.15) is 0 Å². The Balaban J connectivity index is 1.59. The number of hydrogen-bond donors (Lipinski definition) is 0. The predicted molar refractivity (Wildman–Crippen MR) is 123 cm³/mol. The Kier molecular flexibility index (Phi) is 6.40. The molecule has 0 saturated carbocycles. The van der Waals surface area contributed by atoms with Crippen molar-refractivity contribution in [2.45, 2.75) is 0 Å². The van der Waals surface area contributed by atoms with Gasteiger partial charge in [0.15, 0.2) is 17.3 Å². The lowest BCUT2D eigenvalue weighted by molar-refractivity contribution is 0.0734. The predicted octanol–water partition coefficient (Wildman–Crippen LogP) is 4.56. The molecule has 0 aliphatic carbocycles. The van der Waals surface area contributed by atoms with Gasteiger partial charge < -0.3 is 28.4 Å². The number of benzene rings is 3. The van der Waals surface area contributed by atoms with E-state index < -0.39 is 5.97 Å². The van der Waals surface area contributed by atoms with Crippen LogP contribution in [0.25, 0.3) is 6.08 Å². The molecule has 0 saturated heterocycles. The molecule has 3 aromatic rings. The number of allylic oxidation sites excluding steroid dienone is 1. The maximum atomic E-state index is 12.9. The van der Waals surface area contributed by atoms with E-state index in [0.717, 1.165) is 0 Å². The van der Waals surface area contributed by atoms with Crippen LogP contribution in [-0.4, -0.2) is 40.2 Å². The first-order chi connectivity index (χ1) is 16.5. The lowest BCUT2D eigenvalue weighted by atomic mass is 10.1. The molecule has 3 aromatic carbocycles. The number of hydrogen-bond acceptors (Lipinski definition) is 8. The van der Waals surface area contributed by atoms with Crippen molar-refractivity contribution in [3.8, 4) is 34.5 Å². The second kappa shape index (κ2) is 9.58. The zero-order valence-electron chi connectivity index (χ0n) is 19.0. The first-order valence-corrected chi connectivity index (χ1v) is 10.2. The highest BCUT2D eigenvalue weighted by atomic mass is 16.5. The van der Waals surface area contributed by atoms with Crippen LogP contribution in [0.5, 0.6) is 34.5 Å². The molecule has 8 nitrogen and oxygen atoms in total. The van der Waals surface area contributed by atoms with Gasteiger partial charge in [-0.15, -0.1) is 0 Å². The van der Waals surface area contributed by atoms with Gasteiger partial charge in [-0.25, -0.2) is 4.79 Å². The van der Waals surface area contributed by atoms with E-state index in [1.54, 1.807) is 48.5 Å². The molecule has 1 heterocycles. The zero-order valence-corrected chi connectivity index (χ0v) is 19.0. The summed E-state index contributed by atoms with van der Waals surface area (Å²) in [5.41, 5.74) is 1.26. The van der Waals surface area contributed by atoms with E-state index in [0.29, 0.717) is 39.7 Å². The molecule has 4 rings (SSSR count). The Hall–Kier alpha value is -4.46. The smallest absolute Gasteiger partial charge is 0.343 e. The van der Waals surface area contributed by atoms with Crippen LogP contribution < -0.4 is 28.4 Å². The molecule has 0 bridgehead atoms. The average Bonchev–Trinajstić information content (AvgIpc) is 3.17. The van der Waals surface area contributed by atoms with Gasteiger partial charge in [-0.3, -0.25) is 4.79 Å². The molecular formula is C26H22O8. The van der Waals surface area contributed by atoms with Crippen molar-refractivity contribution in [1.29, 1.82) is 0 Å². The summed E-state index contributed by atoms with van der Waals surface area (Å²) in [6.45, 7) is 0. The SMILES string of the molecule is COc1cccc(C(=O)Oc2ccc3c(c2)OC(=Cc2ccc(OC)c(OC)c2OC)C3=O)c1. The Labute approximate surface area is 196 Å². The van der Waals surface area contributed by atoms with E-state index in [-0.39, 0.29) is 23.0 Å². The quantitative estimate of drug-likeness (QED) is 0.287. The molecule has 0 atom stereocenters. The highest BCUT2D eigenvalue weighted by Gasteiger charge is 2.29. The second-order valence-electron chi connectivity index (χ2n) is 7.14. The molecular weight excluding hydrogens is 440 g/mol. The van der Waals surface area contributed by atoms with Crippen LogP contribution in [0, 0.1) is 0 Å². The first kappa shape index (κ1) is 22.7. The first-order valence-electron chi connectivity index (χ1n) is 10.2. The van der Waals surface area contributed by atoms with Crippen molar-refractivity contribution in [3.05, 3.63) is 77.0 Å². The minimum atomic E-state index is -0.561. The molecule has 34 heavy (non-hydrogen) atoms. The molecule has 1 aliphatic heterocycles. The number of ketones is 1. The fraction of sp³-hybridized carbons (Fsp3) is 0.154. The molecule has 0 N–H and O–H groups in total. The van der Waals surface area contributed by atoms with E-state index in [1.807, 2.05) is 0 Å². The normalized spacial score (nSPS) is 13.2. The second-order valence-corrected chi connectivity index (χ2v) is 7.14. The van der Waals surface area contributed by atoms with Crippen molar-refractivity contribution in [2.24, 2.45) is 0 Å². The Bertz CT molecular complexity index is 1290. The van der Waals surface area contributed by atoms with Crippen LogP contribution >= 0.6 is 0 Å². The third-order valence-electron chi connectivity index (χ3n) is 5.18. The molecule has 8 heteroatoms. The van der Waals surface area contributed by atoms with E-state index in [1.165, 1.54) is 40.6 Å². The van der Waals surface area contributed by atoms with Crippen LogP contribution in [0.3, 0.4) is 0 Å². The maximum Gasteiger partial charge on any atom is 0.343 e. The summed E-state index contributed by atoms with van der Waals surface area (Å²) >= 11 is 0. The molecule has 0 amide bonds. The number of methoxy groups -OCH3 is 4. The fourth-order valence-corrected chi connectivity index (χ4v) is 3.53. The number of carbonyl (C=O) groups excluding carboxylic acids is 2. The van der Waals surface area contributed by atoms with Crippen LogP contribution in [0.1, 0.15) is 26.3 Å². The Morgan fingerprint density at radius 1 is 0.824 bits per heavy atom. The molecule has 0 fully saturated rings. The van der Waals surface area contributed by atoms with Gasteiger partial charge in [0, 0.05) is 11.6 Å². The monoisotopic (exact) mass is 462 g/mol. The van der Waals surface area contributed by atoms with Gasteiger partial charge in [0.1, 0.15) is 17.2 Å². The average molecular weight is 462 g/mol. The topological polar surface area (TPSA) is 89.5 Å². The van der Waals surface area contributed by atoms with E-state index in [9.17, 15) is 9.59 Å². The third-order valence-corrected chi connectivity index (χ3v) is 5.18. The van der Waals surface area contributed by atoms with Crippen molar-refractivity contribution in [2.75, 3.05) is 28.4 Å². The van der Waals surface area contributed by atoms with Crippen LogP contribution in [0.2, 0.25) is 0 Å². The lowest BCUT2D eigenvalue weighted by Gasteiger charge is -2.14. The number of rotatable bonds is 7. The van der Waals surface area contributed by atoms with Gasteiger partial charge in [0.2, 0.25) is 11.5 Å². The molecule has 0 unspecified atom stereocenters. The van der Waals surface area contributed by atoms with Crippen LogP contribution in [0.15, 0.2) is 60.4 Å². The molecule has 174 valence electrons. The van der Waals surface area contributed by atoms with Crippen LogP contribution in [-0.2, 0) is 0 Å². The van der Waals surface area contributed by atoms with E-state index in [2.05, 4.69) is 0 Å². The lowest BCUT2D eigenvalue weighted by Crippen LogP contribution is -2.08. The van der Waals surface area contributed by atoms with Crippen molar-refractivity contribution in [1.82, 2.24) is 0 Å². The summed E-state index contributed by atoms with van der Waals surface area (Å²) in [4.78, 5) is 25.4. The number of Topliss-reactive ketones (excluding diaryl/α,β-unsaturated/α-hetero) is 1. The number of ether oxygens (including phenoxy) is 6. The largest absolute Gasteiger partial charge is 0.497 e. The Morgan fingerprint density at radius 2 is 1.62 bits per heavy atom. The minimum absolute atomic E-state index is 0.0943. The van der Waals surface area contributed by atoms with Gasteiger partial charge >= 0.3 is 5.97 Å². The van der Waals surface area contributed by atoms with Gasteiger partial charge in [-0.1, -0.05) is 6.07 Å². The van der Waals surface area contributed by atoms with Crippen molar-refractivity contribution in [3.63, 3.8) is 0 Å². The molecule has 0 aromatic heterocycles. The van der Waals surface area contributed by atoms with E-state index >= 15 is 0 Å². The standard InChI is InChI=1S/C26H22O8/c1-29-17-7-5-6-16(12-17)26(28)33-18-9-10-19-21(14-18)34-22(23(19)27)13-15-8-11-20(30-2)25(32-4)24(15)31-3/h5-14H,1-4H3.